The average Bonchev–Trinajstić information content (AvgIpc) is 2.83. The Morgan fingerprint density at radius 1 is 1.45 bits per heavy atom. The van der Waals surface area contributed by atoms with Crippen molar-refractivity contribution in [1.82, 2.24) is 15.1 Å². The molecule has 1 unspecified atom stereocenters. The fourth-order valence-corrected chi connectivity index (χ4v) is 2.10. The number of nitrogens with zero attached hydrogens (tertiary/aromatic N) is 2. The number of carbonyl (C=O) groups excluding carboxylic acids is 1. The van der Waals surface area contributed by atoms with Gasteiger partial charge in [0.1, 0.15) is 5.60 Å². The molecule has 1 aromatic heterocycles. The van der Waals surface area contributed by atoms with Crippen LogP contribution >= 0.6 is 0 Å². The first kappa shape index (κ1) is 18.4. The van der Waals surface area contributed by atoms with E-state index in [1.807, 2.05) is 0 Å². The van der Waals surface area contributed by atoms with Crippen LogP contribution in [-0.4, -0.2) is 54.6 Å². The minimum absolute atomic E-state index is 0.0716. The minimum Gasteiger partial charge on any atom is -0.444 e. The normalized spacial score (nSPS) is 13.7. The Hall–Kier alpha value is -1.61. The highest BCUT2D eigenvalue weighted by Crippen LogP contribution is 2.21. The highest BCUT2D eigenvalue weighted by molar-refractivity contribution is 7.85. The van der Waals surface area contributed by atoms with Gasteiger partial charge in [0.05, 0.1) is 24.6 Å². The highest BCUT2D eigenvalue weighted by Gasteiger charge is 2.27. The molecule has 0 saturated carbocycles. The van der Waals surface area contributed by atoms with Gasteiger partial charge in [-0.3, -0.25) is 14.2 Å². The van der Waals surface area contributed by atoms with Gasteiger partial charge in [0.15, 0.2) is 0 Å². The average molecular weight is 333 g/mol. The van der Waals surface area contributed by atoms with Crippen molar-refractivity contribution < 1.29 is 22.1 Å². The van der Waals surface area contributed by atoms with Crippen molar-refractivity contribution in [2.75, 3.05) is 19.4 Å². The summed E-state index contributed by atoms with van der Waals surface area (Å²) in [5.41, 5.74) is 0.0611. The van der Waals surface area contributed by atoms with Gasteiger partial charge in [0, 0.05) is 12.7 Å². The number of H-pyrrole nitrogens is 1. The summed E-state index contributed by atoms with van der Waals surface area (Å²) in [6, 6.07) is 1.37. The van der Waals surface area contributed by atoms with Gasteiger partial charge in [0.25, 0.3) is 10.1 Å². The lowest BCUT2D eigenvalue weighted by Crippen LogP contribution is -2.40. The molecule has 1 heterocycles. The van der Waals surface area contributed by atoms with Crippen molar-refractivity contribution in [2.45, 2.75) is 39.3 Å². The fraction of sp³-hybridized carbons (Fsp3) is 0.692. The molecule has 1 rings (SSSR count). The lowest BCUT2D eigenvalue weighted by Gasteiger charge is -2.31. The Morgan fingerprint density at radius 2 is 2.09 bits per heavy atom. The van der Waals surface area contributed by atoms with E-state index in [9.17, 15) is 13.2 Å². The van der Waals surface area contributed by atoms with Crippen LogP contribution in [0.2, 0.25) is 0 Å². The van der Waals surface area contributed by atoms with E-state index in [0.29, 0.717) is 5.69 Å². The van der Waals surface area contributed by atoms with Crippen molar-refractivity contribution >= 4 is 16.2 Å². The second-order valence-corrected chi connectivity index (χ2v) is 7.53. The largest absolute Gasteiger partial charge is 0.444 e. The van der Waals surface area contributed by atoms with Crippen LogP contribution in [0, 0.1) is 0 Å². The van der Waals surface area contributed by atoms with Gasteiger partial charge in [-0.25, -0.2) is 4.79 Å². The second kappa shape index (κ2) is 7.10. The lowest BCUT2D eigenvalue weighted by atomic mass is 10.2. The number of carbonyl (C=O) groups is 1. The van der Waals surface area contributed by atoms with Gasteiger partial charge in [-0.05, 0) is 33.8 Å². The number of aromatic nitrogens is 2. The molecule has 0 aliphatic carbocycles. The summed E-state index contributed by atoms with van der Waals surface area (Å²) < 4.78 is 32.1. The van der Waals surface area contributed by atoms with Crippen molar-refractivity contribution in [2.24, 2.45) is 0 Å². The predicted octanol–water partition coefficient (Wildman–Crippen LogP) is 1.68. The minimum atomic E-state index is -3.56. The SMILES string of the molecule is CC(c1ccn[nH]1)N(CCOS(C)(=O)=O)C(=O)OC(C)(C)C. The van der Waals surface area contributed by atoms with E-state index in [4.69, 9.17) is 8.92 Å². The molecule has 0 aliphatic rings. The van der Waals surface area contributed by atoms with Gasteiger partial charge < -0.3 is 4.74 Å². The Balaban J connectivity index is 2.82. The smallest absolute Gasteiger partial charge is 0.410 e. The molecule has 1 atom stereocenters. The number of rotatable bonds is 6. The predicted molar refractivity (Wildman–Crippen MR) is 80.7 cm³/mol. The summed E-state index contributed by atoms with van der Waals surface area (Å²) in [7, 11) is -3.56. The molecular formula is C13H23N3O5S. The first-order valence-corrected chi connectivity index (χ1v) is 8.64. The molecule has 1 amide bonds. The summed E-state index contributed by atoms with van der Waals surface area (Å²) in [6.45, 7) is 7.00. The third-order valence-electron chi connectivity index (χ3n) is 2.70. The monoisotopic (exact) mass is 333 g/mol. The number of nitrogens with one attached hydrogen (secondary N) is 1. The van der Waals surface area contributed by atoms with E-state index >= 15 is 0 Å². The Labute approximate surface area is 130 Å². The number of hydrogen-bond donors (Lipinski definition) is 1. The maximum absolute atomic E-state index is 12.3. The van der Waals surface area contributed by atoms with Gasteiger partial charge in [-0.1, -0.05) is 0 Å². The van der Waals surface area contributed by atoms with E-state index in [-0.39, 0.29) is 19.2 Å². The molecule has 0 aliphatic heterocycles. The van der Waals surface area contributed by atoms with Crippen LogP contribution in [0.25, 0.3) is 0 Å². The maximum atomic E-state index is 12.3. The molecule has 8 nitrogen and oxygen atoms in total. The van der Waals surface area contributed by atoms with Crippen LogP contribution in [0.15, 0.2) is 12.3 Å². The van der Waals surface area contributed by atoms with Crippen LogP contribution in [0.1, 0.15) is 39.4 Å². The molecule has 0 fully saturated rings. The number of amides is 1. The van der Waals surface area contributed by atoms with Crippen molar-refractivity contribution in [1.29, 1.82) is 0 Å². The van der Waals surface area contributed by atoms with Crippen LogP contribution in [0.3, 0.4) is 0 Å². The molecule has 9 heteroatoms. The van der Waals surface area contributed by atoms with Crippen LogP contribution in [-0.2, 0) is 19.0 Å². The molecule has 1 aromatic rings. The van der Waals surface area contributed by atoms with Crippen molar-refractivity contribution in [3.8, 4) is 0 Å². The molecule has 22 heavy (non-hydrogen) atoms. The van der Waals surface area contributed by atoms with Gasteiger partial charge in [-0.15, -0.1) is 0 Å². The third kappa shape index (κ3) is 6.44. The quantitative estimate of drug-likeness (QED) is 0.795. The van der Waals surface area contributed by atoms with Crippen LogP contribution in [0.4, 0.5) is 4.79 Å². The van der Waals surface area contributed by atoms with Gasteiger partial charge in [0.2, 0.25) is 0 Å². The topological polar surface area (TPSA) is 102 Å². The van der Waals surface area contributed by atoms with Crippen LogP contribution < -0.4 is 0 Å². The lowest BCUT2D eigenvalue weighted by molar-refractivity contribution is 0.0143. The molecule has 0 saturated heterocycles. The highest BCUT2D eigenvalue weighted by atomic mass is 32.2. The summed E-state index contributed by atoms with van der Waals surface area (Å²) in [4.78, 5) is 13.7. The Kier molecular flexibility index (Phi) is 5.95. The molecule has 0 spiro atoms. The fourth-order valence-electron chi connectivity index (χ4n) is 1.72. The number of ether oxygens (including phenoxy) is 1. The van der Waals surface area contributed by atoms with E-state index in [0.717, 1.165) is 6.26 Å². The zero-order valence-electron chi connectivity index (χ0n) is 13.5. The molecule has 0 bridgehead atoms. The molecule has 0 radical (unpaired) electrons. The first-order valence-electron chi connectivity index (χ1n) is 6.83. The summed E-state index contributed by atoms with van der Waals surface area (Å²) in [5.74, 6) is 0. The van der Waals surface area contributed by atoms with Crippen molar-refractivity contribution in [3.63, 3.8) is 0 Å². The van der Waals surface area contributed by atoms with E-state index in [2.05, 4.69) is 10.2 Å². The van der Waals surface area contributed by atoms with E-state index in [1.165, 1.54) is 4.90 Å². The molecule has 1 N–H and O–H groups in total. The Bertz CT molecular complexity index is 577. The molecule has 0 aromatic carbocycles. The van der Waals surface area contributed by atoms with Crippen molar-refractivity contribution in [3.05, 3.63) is 18.0 Å². The second-order valence-electron chi connectivity index (χ2n) is 5.89. The standard InChI is InChI=1S/C13H23N3O5S/c1-10(11-6-7-14-15-11)16(8-9-20-22(5,18)19)12(17)21-13(2,3)4/h6-7,10H,8-9H2,1-5H3,(H,14,15). The maximum Gasteiger partial charge on any atom is 0.410 e. The van der Waals surface area contributed by atoms with Gasteiger partial charge in [-0.2, -0.15) is 13.5 Å². The number of hydrogen-bond acceptors (Lipinski definition) is 6. The van der Waals surface area contributed by atoms with Gasteiger partial charge >= 0.3 is 6.09 Å². The summed E-state index contributed by atoms with van der Waals surface area (Å²) in [6.07, 6.45) is 1.99. The third-order valence-corrected chi connectivity index (χ3v) is 3.29. The van der Waals surface area contributed by atoms with Crippen LogP contribution in [0.5, 0.6) is 0 Å². The zero-order valence-corrected chi connectivity index (χ0v) is 14.3. The summed E-state index contributed by atoms with van der Waals surface area (Å²) >= 11 is 0. The number of aromatic amines is 1. The summed E-state index contributed by atoms with van der Waals surface area (Å²) in [5, 5.41) is 6.63. The first-order chi connectivity index (χ1) is 9.99. The molecular weight excluding hydrogens is 310 g/mol. The van der Waals surface area contributed by atoms with E-state index in [1.54, 1.807) is 40.0 Å². The molecule has 126 valence electrons. The Morgan fingerprint density at radius 3 is 2.55 bits per heavy atom. The zero-order chi connectivity index (χ0) is 17.0. The van der Waals surface area contributed by atoms with E-state index < -0.39 is 21.8 Å².